The Kier molecular flexibility index (Phi) is 4.18. The topological polar surface area (TPSA) is 89.9 Å². The first kappa shape index (κ1) is 14.3. The van der Waals surface area contributed by atoms with Gasteiger partial charge in [-0.15, -0.1) is 0 Å². The number of hydrogen-bond acceptors (Lipinski definition) is 5. The van der Waals surface area contributed by atoms with Crippen LogP contribution in [0.3, 0.4) is 0 Å². The van der Waals surface area contributed by atoms with E-state index in [2.05, 4.69) is 0 Å². The molecule has 0 spiro atoms. The van der Waals surface area contributed by atoms with Gasteiger partial charge in [0, 0.05) is 6.07 Å². The van der Waals surface area contributed by atoms with Crippen molar-refractivity contribution in [2.75, 3.05) is 20.0 Å². The molecule has 0 bridgehead atoms. The third kappa shape index (κ3) is 2.56. The van der Waals surface area contributed by atoms with Gasteiger partial charge in [-0.05, 0) is 6.07 Å². The first-order chi connectivity index (χ1) is 8.37. The summed E-state index contributed by atoms with van der Waals surface area (Å²) in [6.07, 6.45) is 0. The summed E-state index contributed by atoms with van der Waals surface area (Å²) in [6, 6.07) is 2.31. The SMILES string of the molecule is CCS(=O)(=O)c1cc(C(=O)O)c(OC)cc1OC. The van der Waals surface area contributed by atoms with Crippen LogP contribution in [0.15, 0.2) is 17.0 Å². The van der Waals surface area contributed by atoms with E-state index in [-0.39, 0.29) is 27.7 Å². The number of carbonyl (C=O) groups is 1. The molecule has 1 rings (SSSR count). The van der Waals surface area contributed by atoms with Crippen molar-refractivity contribution >= 4 is 15.8 Å². The van der Waals surface area contributed by atoms with Crippen molar-refractivity contribution < 1.29 is 27.8 Å². The molecule has 0 radical (unpaired) electrons. The molecule has 1 aromatic carbocycles. The van der Waals surface area contributed by atoms with Crippen LogP contribution in [-0.2, 0) is 9.84 Å². The molecule has 100 valence electrons. The number of ether oxygens (including phenoxy) is 2. The van der Waals surface area contributed by atoms with Crippen LogP contribution >= 0.6 is 0 Å². The minimum atomic E-state index is -3.57. The van der Waals surface area contributed by atoms with Crippen LogP contribution in [0.25, 0.3) is 0 Å². The lowest BCUT2D eigenvalue weighted by atomic mass is 10.2. The van der Waals surface area contributed by atoms with Crippen LogP contribution in [0.4, 0.5) is 0 Å². The van der Waals surface area contributed by atoms with Crippen molar-refractivity contribution in [3.63, 3.8) is 0 Å². The minimum Gasteiger partial charge on any atom is -0.496 e. The second-order valence-corrected chi connectivity index (χ2v) is 5.66. The molecular formula is C11H14O6S. The van der Waals surface area contributed by atoms with Crippen LogP contribution in [0, 0.1) is 0 Å². The lowest BCUT2D eigenvalue weighted by molar-refractivity contribution is 0.0693. The molecule has 1 aromatic rings. The number of carboxylic acids is 1. The van der Waals surface area contributed by atoms with E-state index in [0.29, 0.717) is 0 Å². The Hall–Kier alpha value is -1.76. The fourth-order valence-electron chi connectivity index (χ4n) is 1.44. The Balaban J connectivity index is 3.62. The maximum Gasteiger partial charge on any atom is 0.339 e. The van der Waals surface area contributed by atoms with Crippen LogP contribution < -0.4 is 9.47 Å². The number of carboxylic acid groups (broad SMARTS) is 1. The molecule has 0 amide bonds. The number of aromatic carboxylic acids is 1. The van der Waals surface area contributed by atoms with Crippen molar-refractivity contribution in [1.29, 1.82) is 0 Å². The van der Waals surface area contributed by atoms with E-state index < -0.39 is 15.8 Å². The summed E-state index contributed by atoms with van der Waals surface area (Å²) in [4.78, 5) is 10.9. The van der Waals surface area contributed by atoms with Crippen LogP contribution in [0.1, 0.15) is 17.3 Å². The van der Waals surface area contributed by atoms with Gasteiger partial charge in [-0.2, -0.15) is 0 Å². The summed E-state index contributed by atoms with van der Waals surface area (Å²) in [5.74, 6) is -1.29. The van der Waals surface area contributed by atoms with Gasteiger partial charge in [0.1, 0.15) is 22.0 Å². The van der Waals surface area contributed by atoms with Gasteiger partial charge < -0.3 is 14.6 Å². The largest absolute Gasteiger partial charge is 0.496 e. The number of benzene rings is 1. The van der Waals surface area contributed by atoms with E-state index in [1.165, 1.54) is 27.2 Å². The Morgan fingerprint density at radius 2 is 1.78 bits per heavy atom. The minimum absolute atomic E-state index is 0.0504. The highest BCUT2D eigenvalue weighted by Gasteiger charge is 2.23. The first-order valence-corrected chi connectivity index (χ1v) is 6.74. The van der Waals surface area contributed by atoms with Crippen molar-refractivity contribution in [1.82, 2.24) is 0 Å². The number of methoxy groups -OCH3 is 2. The fourth-order valence-corrected chi connectivity index (χ4v) is 2.49. The molecule has 0 saturated carbocycles. The van der Waals surface area contributed by atoms with Gasteiger partial charge >= 0.3 is 5.97 Å². The number of sulfone groups is 1. The highest BCUT2D eigenvalue weighted by atomic mass is 32.2. The zero-order valence-electron chi connectivity index (χ0n) is 10.3. The van der Waals surface area contributed by atoms with E-state index in [1.54, 1.807) is 0 Å². The van der Waals surface area contributed by atoms with E-state index >= 15 is 0 Å². The van der Waals surface area contributed by atoms with Crippen molar-refractivity contribution in [3.8, 4) is 11.5 Å². The van der Waals surface area contributed by atoms with Gasteiger partial charge in [0.25, 0.3) is 0 Å². The van der Waals surface area contributed by atoms with Gasteiger partial charge in [0.15, 0.2) is 9.84 Å². The first-order valence-electron chi connectivity index (χ1n) is 5.09. The molecule has 0 aliphatic heterocycles. The maximum absolute atomic E-state index is 11.8. The van der Waals surface area contributed by atoms with E-state index in [9.17, 15) is 13.2 Å². The molecule has 0 heterocycles. The quantitative estimate of drug-likeness (QED) is 0.867. The second-order valence-electron chi connectivity index (χ2n) is 3.41. The molecule has 0 atom stereocenters. The molecule has 0 aliphatic carbocycles. The lowest BCUT2D eigenvalue weighted by Crippen LogP contribution is -2.09. The third-order valence-corrected chi connectivity index (χ3v) is 4.18. The Morgan fingerprint density at radius 1 is 1.22 bits per heavy atom. The van der Waals surface area contributed by atoms with Crippen LogP contribution in [-0.4, -0.2) is 39.5 Å². The maximum atomic E-state index is 11.8. The van der Waals surface area contributed by atoms with Gasteiger partial charge in [0.2, 0.25) is 0 Å². The molecule has 1 N–H and O–H groups in total. The average molecular weight is 274 g/mol. The lowest BCUT2D eigenvalue weighted by Gasteiger charge is -2.12. The molecule has 0 aromatic heterocycles. The molecule has 7 heteroatoms. The van der Waals surface area contributed by atoms with Gasteiger partial charge in [-0.1, -0.05) is 6.92 Å². The Labute approximate surface area is 105 Å². The molecular weight excluding hydrogens is 260 g/mol. The molecule has 6 nitrogen and oxygen atoms in total. The van der Waals surface area contributed by atoms with Gasteiger partial charge in [0.05, 0.1) is 20.0 Å². The summed E-state index contributed by atoms with van der Waals surface area (Å²) in [5, 5.41) is 9.01. The summed E-state index contributed by atoms with van der Waals surface area (Å²) >= 11 is 0. The highest BCUT2D eigenvalue weighted by molar-refractivity contribution is 7.91. The third-order valence-electron chi connectivity index (χ3n) is 2.43. The Morgan fingerprint density at radius 3 is 2.17 bits per heavy atom. The molecule has 0 fully saturated rings. The van der Waals surface area contributed by atoms with Crippen LogP contribution in [0.2, 0.25) is 0 Å². The standard InChI is InChI=1S/C11H14O6S/c1-4-18(14,15)10-5-7(11(12)13)8(16-2)6-9(10)17-3/h5-6H,4H2,1-3H3,(H,12,13). The molecule has 18 heavy (non-hydrogen) atoms. The summed E-state index contributed by atoms with van der Waals surface area (Å²) in [5.41, 5.74) is -0.217. The van der Waals surface area contributed by atoms with Crippen molar-refractivity contribution in [2.24, 2.45) is 0 Å². The molecule has 0 saturated heterocycles. The smallest absolute Gasteiger partial charge is 0.339 e. The molecule has 0 unspecified atom stereocenters. The highest BCUT2D eigenvalue weighted by Crippen LogP contribution is 2.32. The van der Waals surface area contributed by atoms with Gasteiger partial charge in [-0.25, -0.2) is 13.2 Å². The van der Waals surface area contributed by atoms with E-state index in [4.69, 9.17) is 14.6 Å². The van der Waals surface area contributed by atoms with Gasteiger partial charge in [-0.3, -0.25) is 0 Å². The summed E-state index contributed by atoms with van der Waals surface area (Å²) in [7, 11) is -0.956. The zero-order chi connectivity index (χ0) is 13.9. The Bertz CT molecular complexity index is 561. The summed E-state index contributed by atoms with van der Waals surface area (Å²) < 4.78 is 33.5. The van der Waals surface area contributed by atoms with Crippen LogP contribution in [0.5, 0.6) is 11.5 Å². The fraction of sp³-hybridized carbons (Fsp3) is 0.364. The van der Waals surface area contributed by atoms with Crippen molar-refractivity contribution in [3.05, 3.63) is 17.7 Å². The van der Waals surface area contributed by atoms with E-state index in [0.717, 1.165) is 6.07 Å². The second kappa shape index (κ2) is 5.26. The monoisotopic (exact) mass is 274 g/mol. The summed E-state index contributed by atoms with van der Waals surface area (Å²) in [6.45, 7) is 1.47. The number of rotatable bonds is 5. The van der Waals surface area contributed by atoms with E-state index in [1.807, 2.05) is 0 Å². The van der Waals surface area contributed by atoms with Crippen molar-refractivity contribution in [2.45, 2.75) is 11.8 Å². The number of hydrogen-bond donors (Lipinski definition) is 1. The zero-order valence-corrected chi connectivity index (χ0v) is 11.1. The normalized spacial score (nSPS) is 11.1. The predicted octanol–water partition coefficient (Wildman–Crippen LogP) is 1.20. The molecule has 0 aliphatic rings. The predicted molar refractivity (Wildman–Crippen MR) is 64.2 cm³/mol. The average Bonchev–Trinajstić information content (AvgIpc) is 2.36.